The summed E-state index contributed by atoms with van der Waals surface area (Å²) in [6.07, 6.45) is 4.20. The molecule has 3 fully saturated rings. The van der Waals surface area contributed by atoms with Crippen molar-refractivity contribution in [1.29, 1.82) is 0 Å². The molecule has 2 bridgehead atoms. The van der Waals surface area contributed by atoms with Crippen LogP contribution >= 0.6 is 0 Å². The van der Waals surface area contributed by atoms with Crippen LogP contribution in [0.5, 0.6) is 0 Å². The Hall–Kier alpha value is -1.10. The van der Waals surface area contributed by atoms with E-state index in [1.54, 1.807) is 0 Å². The van der Waals surface area contributed by atoms with Crippen molar-refractivity contribution in [1.82, 2.24) is 5.32 Å². The first-order chi connectivity index (χ1) is 10.3. The van der Waals surface area contributed by atoms with Gasteiger partial charge in [0, 0.05) is 6.04 Å². The number of carbonyl (C=O) groups is 2. The molecule has 3 aliphatic rings. The highest BCUT2D eigenvalue weighted by Crippen LogP contribution is 2.44. The van der Waals surface area contributed by atoms with E-state index in [4.69, 9.17) is 4.74 Å². The van der Waals surface area contributed by atoms with Crippen molar-refractivity contribution in [2.24, 2.45) is 23.2 Å². The molecule has 5 nitrogen and oxygen atoms in total. The fourth-order valence-electron chi connectivity index (χ4n) is 5.08. The first kappa shape index (κ1) is 15.8. The molecule has 0 radical (unpaired) electrons. The van der Waals surface area contributed by atoms with Crippen LogP contribution in [0.2, 0.25) is 0 Å². The molecule has 3 rings (SSSR count). The second kappa shape index (κ2) is 5.52. The second-order valence-corrected chi connectivity index (χ2v) is 8.30. The Balaban J connectivity index is 1.68. The van der Waals surface area contributed by atoms with E-state index >= 15 is 0 Å². The molecule has 0 aromatic heterocycles. The van der Waals surface area contributed by atoms with E-state index in [0.717, 1.165) is 25.7 Å². The lowest BCUT2D eigenvalue weighted by Gasteiger charge is -2.40. The Bertz CT molecular complexity index is 475. The predicted molar refractivity (Wildman–Crippen MR) is 81.2 cm³/mol. The number of hydrogen-bond acceptors (Lipinski definition) is 3. The number of ether oxygens (including phenoxy) is 1. The fraction of sp³-hybridized carbons (Fsp3) is 0.882. The molecular weight excluding hydrogens is 282 g/mol. The van der Waals surface area contributed by atoms with Gasteiger partial charge in [-0.15, -0.1) is 0 Å². The maximum absolute atomic E-state index is 12.7. The monoisotopic (exact) mass is 309 g/mol. The van der Waals surface area contributed by atoms with Crippen molar-refractivity contribution in [3.63, 3.8) is 0 Å². The molecular formula is C17H27NO4. The van der Waals surface area contributed by atoms with Crippen molar-refractivity contribution < 1.29 is 19.4 Å². The standard InChI is InChI=1S/C17H27NO4/c1-9-6-10(8-17(2,3)7-9)18-15(19)13-11-4-5-12(22-11)14(13)16(20)21/h9-14H,4-8H2,1-3H3,(H,18,19)(H,20,21)/t9-,10+,11-,12-,13-,14-/m1/s1. The Labute approximate surface area is 131 Å². The highest BCUT2D eigenvalue weighted by atomic mass is 16.5. The van der Waals surface area contributed by atoms with Gasteiger partial charge in [-0.1, -0.05) is 20.8 Å². The summed E-state index contributed by atoms with van der Waals surface area (Å²) in [6, 6.07) is 0.153. The Morgan fingerprint density at radius 3 is 2.36 bits per heavy atom. The van der Waals surface area contributed by atoms with Crippen LogP contribution in [-0.2, 0) is 14.3 Å². The van der Waals surface area contributed by atoms with Crippen LogP contribution in [0, 0.1) is 23.2 Å². The van der Waals surface area contributed by atoms with Crippen LogP contribution in [0.15, 0.2) is 0 Å². The van der Waals surface area contributed by atoms with Gasteiger partial charge in [0.25, 0.3) is 0 Å². The minimum Gasteiger partial charge on any atom is -0.481 e. The Kier molecular flexibility index (Phi) is 3.96. The molecule has 124 valence electrons. The summed E-state index contributed by atoms with van der Waals surface area (Å²) in [5.41, 5.74) is 0.229. The maximum atomic E-state index is 12.7. The summed E-state index contributed by atoms with van der Waals surface area (Å²) in [5.74, 6) is -1.62. The first-order valence-electron chi connectivity index (χ1n) is 8.45. The van der Waals surface area contributed by atoms with E-state index in [1.807, 2.05) is 0 Å². The normalized spacial score (nSPS) is 43.0. The SMILES string of the molecule is C[C@@H]1C[C@H](NC(=O)[C@H]2[C@H](C(=O)O)[C@H]3CC[C@H]2O3)CC(C)(C)C1. The number of carboxylic acids is 1. The van der Waals surface area contributed by atoms with Crippen molar-refractivity contribution in [2.45, 2.75) is 71.1 Å². The van der Waals surface area contributed by atoms with Crippen LogP contribution in [0.1, 0.15) is 52.9 Å². The van der Waals surface area contributed by atoms with E-state index in [2.05, 4.69) is 26.1 Å². The molecule has 2 heterocycles. The third kappa shape index (κ3) is 2.87. The molecule has 22 heavy (non-hydrogen) atoms. The molecule has 5 heteroatoms. The van der Waals surface area contributed by atoms with Gasteiger partial charge in [0.2, 0.25) is 5.91 Å². The molecule has 2 N–H and O–H groups in total. The number of amides is 1. The van der Waals surface area contributed by atoms with E-state index in [0.29, 0.717) is 5.92 Å². The summed E-state index contributed by atoms with van der Waals surface area (Å²) in [4.78, 5) is 24.2. The molecule has 2 aliphatic heterocycles. The van der Waals surface area contributed by atoms with Crippen molar-refractivity contribution in [3.05, 3.63) is 0 Å². The molecule has 2 saturated heterocycles. The maximum Gasteiger partial charge on any atom is 0.310 e. The zero-order valence-corrected chi connectivity index (χ0v) is 13.7. The van der Waals surface area contributed by atoms with Gasteiger partial charge in [-0.2, -0.15) is 0 Å². The van der Waals surface area contributed by atoms with E-state index in [1.165, 1.54) is 6.42 Å². The van der Waals surface area contributed by atoms with Gasteiger partial charge in [-0.3, -0.25) is 9.59 Å². The van der Waals surface area contributed by atoms with Gasteiger partial charge in [-0.05, 0) is 43.4 Å². The first-order valence-corrected chi connectivity index (χ1v) is 8.45. The molecule has 0 unspecified atom stereocenters. The fourth-order valence-corrected chi connectivity index (χ4v) is 5.08. The molecule has 0 aromatic carbocycles. The minimum absolute atomic E-state index is 0.116. The minimum atomic E-state index is -0.898. The van der Waals surface area contributed by atoms with Crippen LogP contribution in [0.25, 0.3) is 0 Å². The molecule has 0 aromatic rings. The van der Waals surface area contributed by atoms with Crippen molar-refractivity contribution in [2.75, 3.05) is 0 Å². The zero-order valence-electron chi connectivity index (χ0n) is 13.7. The predicted octanol–water partition coefficient (Wildman–Crippen LogP) is 2.20. The highest BCUT2D eigenvalue weighted by molar-refractivity contribution is 5.86. The Morgan fingerprint density at radius 1 is 1.14 bits per heavy atom. The van der Waals surface area contributed by atoms with Crippen LogP contribution in [-0.4, -0.2) is 35.2 Å². The Morgan fingerprint density at radius 2 is 1.77 bits per heavy atom. The number of rotatable bonds is 3. The summed E-state index contributed by atoms with van der Waals surface area (Å²) >= 11 is 0. The van der Waals surface area contributed by atoms with Crippen LogP contribution in [0.3, 0.4) is 0 Å². The lowest BCUT2D eigenvalue weighted by molar-refractivity contribution is -0.148. The number of carboxylic acid groups (broad SMARTS) is 1. The largest absolute Gasteiger partial charge is 0.481 e. The van der Waals surface area contributed by atoms with Crippen molar-refractivity contribution >= 4 is 11.9 Å². The summed E-state index contributed by atoms with van der Waals surface area (Å²) in [6.45, 7) is 6.70. The number of hydrogen-bond donors (Lipinski definition) is 2. The summed E-state index contributed by atoms with van der Waals surface area (Å²) in [5, 5.41) is 12.6. The van der Waals surface area contributed by atoms with Crippen LogP contribution < -0.4 is 5.32 Å². The molecule has 0 spiro atoms. The smallest absolute Gasteiger partial charge is 0.310 e. The van der Waals surface area contributed by atoms with Gasteiger partial charge in [0.1, 0.15) is 0 Å². The van der Waals surface area contributed by atoms with E-state index < -0.39 is 17.8 Å². The number of nitrogens with one attached hydrogen (secondary N) is 1. The summed E-state index contributed by atoms with van der Waals surface area (Å²) in [7, 11) is 0. The zero-order chi connectivity index (χ0) is 16.1. The average molecular weight is 309 g/mol. The van der Waals surface area contributed by atoms with Gasteiger partial charge in [0.05, 0.1) is 24.0 Å². The van der Waals surface area contributed by atoms with Gasteiger partial charge in [-0.25, -0.2) is 0 Å². The number of carbonyl (C=O) groups excluding carboxylic acids is 1. The molecule has 6 atom stereocenters. The lowest BCUT2D eigenvalue weighted by atomic mass is 9.70. The van der Waals surface area contributed by atoms with Crippen molar-refractivity contribution in [3.8, 4) is 0 Å². The van der Waals surface area contributed by atoms with E-state index in [-0.39, 0.29) is 29.6 Å². The average Bonchev–Trinajstić information content (AvgIpc) is 2.95. The third-order valence-corrected chi connectivity index (χ3v) is 5.59. The number of fused-ring (bicyclic) bond motifs is 2. The molecule has 1 saturated carbocycles. The van der Waals surface area contributed by atoms with Gasteiger partial charge >= 0.3 is 5.97 Å². The highest BCUT2D eigenvalue weighted by Gasteiger charge is 2.55. The molecule has 1 amide bonds. The second-order valence-electron chi connectivity index (χ2n) is 8.30. The third-order valence-electron chi connectivity index (χ3n) is 5.59. The van der Waals surface area contributed by atoms with Gasteiger partial charge in [0.15, 0.2) is 0 Å². The van der Waals surface area contributed by atoms with Crippen LogP contribution in [0.4, 0.5) is 0 Å². The topological polar surface area (TPSA) is 75.6 Å². The quantitative estimate of drug-likeness (QED) is 0.838. The van der Waals surface area contributed by atoms with E-state index in [9.17, 15) is 14.7 Å². The molecule has 1 aliphatic carbocycles. The summed E-state index contributed by atoms with van der Waals surface area (Å²) < 4.78 is 5.69. The lowest BCUT2D eigenvalue weighted by Crippen LogP contribution is -2.49. The number of aliphatic carboxylic acids is 1. The van der Waals surface area contributed by atoms with Gasteiger partial charge < -0.3 is 15.2 Å².